The summed E-state index contributed by atoms with van der Waals surface area (Å²) in [6.45, 7) is 3.30. The first kappa shape index (κ1) is 14.3. The maximum atomic E-state index is 11.7. The Morgan fingerprint density at radius 2 is 1.94 bits per heavy atom. The molecule has 1 aromatic carbocycles. The first-order valence-electron chi connectivity index (χ1n) is 4.67. The number of rotatable bonds is 3. The summed E-state index contributed by atoms with van der Waals surface area (Å²) in [5.74, 6) is -0.776. The zero-order valence-electron chi connectivity index (χ0n) is 9.11. The van der Waals surface area contributed by atoms with E-state index in [1.807, 2.05) is 0 Å². The van der Waals surface area contributed by atoms with E-state index in [1.54, 1.807) is 13.8 Å². The molecular formula is C10H10Cl2O4S. The van der Waals surface area contributed by atoms with Gasteiger partial charge in [-0.1, -0.05) is 17.7 Å². The molecule has 0 radical (unpaired) electrons. The van der Waals surface area contributed by atoms with Crippen molar-refractivity contribution in [1.29, 1.82) is 0 Å². The van der Waals surface area contributed by atoms with E-state index in [1.165, 1.54) is 18.2 Å². The highest BCUT2D eigenvalue weighted by Gasteiger charge is 2.25. The fourth-order valence-electron chi connectivity index (χ4n) is 1.19. The molecule has 0 aliphatic rings. The van der Waals surface area contributed by atoms with Crippen molar-refractivity contribution in [3.8, 4) is 0 Å². The van der Waals surface area contributed by atoms with Crippen molar-refractivity contribution in [3.63, 3.8) is 0 Å². The van der Waals surface area contributed by atoms with E-state index < -0.39 is 19.9 Å². The summed E-state index contributed by atoms with van der Waals surface area (Å²) in [6, 6.07) is 4.08. The van der Waals surface area contributed by atoms with Gasteiger partial charge in [0, 0.05) is 10.7 Å². The summed E-state index contributed by atoms with van der Waals surface area (Å²) in [6.07, 6.45) is -0.368. The van der Waals surface area contributed by atoms with Gasteiger partial charge in [-0.25, -0.2) is 13.2 Å². The smallest absolute Gasteiger partial charge is 0.339 e. The van der Waals surface area contributed by atoms with E-state index in [2.05, 4.69) is 0 Å². The highest BCUT2D eigenvalue weighted by Crippen LogP contribution is 2.28. The molecule has 0 aliphatic heterocycles. The molecule has 1 rings (SSSR count). The molecule has 0 amide bonds. The van der Waals surface area contributed by atoms with Crippen LogP contribution in [0, 0.1) is 0 Å². The van der Waals surface area contributed by atoms with E-state index in [4.69, 9.17) is 27.0 Å². The zero-order chi connectivity index (χ0) is 13.2. The molecular weight excluding hydrogens is 287 g/mol. The molecule has 0 unspecified atom stereocenters. The van der Waals surface area contributed by atoms with Crippen molar-refractivity contribution >= 4 is 37.3 Å². The number of carbonyl (C=O) groups excluding carboxylic acids is 1. The summed E-state index contributed by atoms with van der Waals surface area (Å²) in [7, 11) is 1.12. The molecule has 0 bridgehead atoms. The Balaban J connectivity index is 3.35. The van der Waals surface area contributed by atoms with Gasteiger partial charge in [0.25, 0.3) is 9.05 Å². The Morgan fingerprint density at radius 1 is 1.35 bits per heavy atom. The van der Waals surface area contributed by atoms with Gasteiger partial charge in [0.2, 0.25) is 0 Å². The quantitative estimate of drug-likeness (QED) is 0.636. The predicted molar refractivity (Wildman–Crippen MR) is 65.0 cm³/mol. The van der Waals surface area contributed by atoms with Crippen LogP contribution in [0.5, 0.6) is 0 Å². The van der Waals surface area contributed by atoms with Crippen LogP contribution in [0.15, 0.2) is 23.1 Å². The molecule has 0 heterocycles. The fourth-order valence-corrected chi connectivity index (χ4v) is 3.01. The maximum Gasteiger partial charge on any atom is 0.339 e. The number of benzene rings is 1. The van der Waals surface area contributed by atoms with E-state index >= 15 is 0 Å². The highest BCUT2D eigenvalue weighted by atomic mass is 35.7. The molecule has 1 aromatic rings. The van der Waals surface area contributed by atoms with Gasteiger partial charge in [-0.2, -0.15) is 0 Å². The molecule has 0 N–H and O–H groups in total. The van der Waals surface area contributed by atoms with Crippen LogP contribution in [0.2, 0.25) is 5.02 Å². The summed E-state index contributed by atoms with van der Waals surface area (Å²) < 4.78 is 27.6. The maximum absolute atomic E-state index is 11.7. The summed E-state index contributed by atoms with van der Waals surface area (Å²) >= 11 is 5.72. The minimum atomic E-state index is -4.11. The van der Waals surface area contributed by atoms with E-state index in [-0.39, 0.29) is 16.7 Å². The molecule has 0 aromatic heterocycles. The first-order valence-corrected chi connectivity index (χ1v) is 7.36. The molecule has 4 nitrogen and oxygen atoms in total. The third-order valence-corrected chi connectivity index (χ3v) is 3.59. The standard InChI is InChI=1S/C10H10Cl2O4S/c1-6(2)16-10(13)7-4-3-5-8(11)9(7)17(12,14)15/h3-6H,1-2H3. The Kier molecular flexibility index (Phi) is 4.41. The molecule has 0 spiro atoms. The normalized spacial score (nSPS) is 11.6. The lowest BCUT2D eigenvalue weighted by Gasteiger charge is -2.10. The van der Waals surface area contributed by atoms with Gasteiger partial charge in [-0.3, -0.25) is 0 Å². The van der Waals surface area contributed by atoms with Crippen LogP contribution in [-0.4, -0.2) is 20.5 Å². The zero-order valence-corrected chi connectivity index (χ0v) is 11.4. The molecule has 0 aliphatic carbocycles. The Hall–Kier alpha value is -0.780. The van der Waals surface area contributed by atoms with Gasteiger partial charge in [0.15, 0.2) is 0 Å². The second-order valence-electron chi connectivity index (χ2n) is 3.51. The lowest BCUT2D eigenvalue weighted by atomic mass is 10.2. The summed E-state index contributed by atoms with van der Waals surface area (Å²) in [5, 5.41) is -0.113. The molecule has 94 valence electrons. The van der Waals surface area contributed by atoms with Crippen LogP contribution >= 0.6 is 22.3 Å². The molecule has 17 heavy (non-hydrogen) atoms. The third-order valence-electron chi connectivity index (χ3n) is 1.77. The first-order chi connectivity index (χ1) is 7.73. The molecule has 0 saturated heterocycles. The van der Waals surface area contributed by atoms with E-state index in [9.17, 15) is 13.2 Å². The molecule has 0 atom stereocenters. The fraction of sp³-hybridized carbons (Fsp3) is 0.300. The molecule has 7 heteroatoms. The number of carbonyl (C=O) groups is 1. The monoisotopic (exact) mass is 296 g/mol. The minimum absolute atomic E-state index is 0.113. The number of hydrogen-bond donors (Lipinski definition) is 0. The van der Waals surface area contributed by atoms with Crippen molar-refractivity contribution in [1.82, 2.24) is 0 Å². The third kappa shape index (κ3) is 3.59. The van der Waals surface area contributed by atoms with Gasteiger partial charge in [-0.15, -0.1) is 0 Å². The minimum Gasteiger partial charge on any atom is -0.459 e. The number of halogens is 2. The number of ether oxygens (including phenoxy) is 1. The predicted octanol–water partition coefficient (Wildman–Crippen LogP) is 2.83. The van der Waals surface area contributed by atoms with Gasteiger partial charge >= 0.3 is 5.97 Å². The Labute approximate surface area is 109 Å². The van der Waals surface area contributed by atoms with Crippen molar-refractivity contribution in [2.45, 2.75) is 24.8 Å². The van der Waals surface area contributed by atoms with E-state index in [0.29, 0.717) is 0 Å². The summed E-state index contributed by atoms with van der Waals surface area (Å²) in [4.78, 5) is 11.2. The largest absolute Gasteiger partial charge is 0.459 e. The van der Waals surface area contributed by atoms with Crippen LogP contribution in [0.3, 0.4) is 0 Å². The lowest BCUT2D eigenvalue weighted by Crippen LogP contribution is -2.14. The van der Waals surface area contributed by atoms with Crippen LogP contribution < -0.4 is 0 Å². The molecule has 0 fully saturated rings. The average Bonchev–Trinajstić information content (AvgIpc) is 2.14. The summed E-state index contributed by atoms with van der Waals surface area (Å²) in [5.41, 5.74) is -0.166. The second kappa shape index (κ2) is 5.25. The average molecular weight is 297 g/mol. The Morgan fingerprint density at radius 3 is 2.41 bits per heavy atom. The highest BCUT2D eigenvalue weighted by molar-refractivity contribution is 8.13. The second-order valence-corrected chi connectivity index (χ2v) is 6.42. The van der Waals surface area contributed by atoms with Crippen molar-refractivity contribution < 1.29 is 17.9 Å². The van der Waals surface area contributed by atoms with Crippen LogP contribution in [-0.2, 0) is 13.8 Å². The van der Waals surface area contributed by atoms with Gasteiger partial charge in [0.05, 0.1) is 16.7 Å². The van der Waals surface area contributed by atoms with Crippen molar-refractivity contribution in [3.05, 3.63) is 28.8 Å². The van der Waals surface area contributed by atoms with Crippen LogP contribution in [0.25, 0.3) is 0 Å². The molecule has 0 saturated carbocycles. The number of hydrogen-bond acceptors (Lipinski definition) is 4. The van der Waals surface area contributed by atoms with Gasteiger partial charge < -0.3 is 4.74 Å². The van der Waals surface area contributed by atoms with Gasteiger partial charge in [-0.05, 0) is 26.0 Å². The number of esters is 1. The topological polar surface area (TPSA) is 60.4 Å². The lowest BCUT2D eigenvalue weighted by molar-refractivity contribution is 0.0373. The van der Waals surface area contributed by atoms with Crippen molar-refractivity contribution in [2.75, 3.05) is 0 Å². The van der Waals surface area contributed by atoms with Gasteiger partial charge in [0.1, 0.15) is 4.90 Å². The Bertz CT molecular complexity index is 537. The van der Waals surface area contributed by atoms with Crippen molar-refractivity contribution in [2.24, 2.45) is 0 Å². The van der Waals surface area contributed by atoms with E-state index in [0.717, 1.165) is 0 Å². The van der Waals surface area contributed by atoms with Crippen LogP contribution in [0.1, 0.15) is 24.2 Å². The van der Waals surface area contributed by atoms with Crippen LogP contribution in [0.4, 0.5) is 0 Å². The SMILES string of the molecule is CC(C)OC(=O)c1cccc(Cl)c1S(=O)(=O)Cl.